The van der Waals surface area contributed by atoms with E-state index in [1.807, 2.05) is 0 Å². The van der Waals surface area contributed by atoms with Crippen molar-refractivity contribution in [2.75, 3.05) is 6.61 Å². The normalized spacial score (nSPS) is 24.7. The molecule has 0 bridgehead atoms. The summed E-state index contributed by atoms with van der Waals surface area (Å²) in [6.45, 7) is 1.72. The Morgan fingerprint density at radius 3 is 1.43 bits per heavy atom. The molecule has 42 heavy (non-hydrogen) atoms. The summed E-state index contributed by atoms with van der Waals surface area (Å²) in [5.41, 5.74) is 18.9. The van der Waals surface area contributed by atoms with E-state index in [0.29, 0.717) is 16.0 Å². The third kappa shape index (κ3) is 6.43. The van der Waals surface area contributed by atoms with Crippen molar-refractivity contribution in [3.63, 3.8) is 0 Å². The number of nitrogens with zero attached hydrogens (tertiary/aromatic N) is 2. The molecule has 6 N–H and O–H groups in total. The summed E-state index contributed by atoms with van der Waals surface area (Å²) in [4.78, 5) is 61.4. The number of benzene rings is 2. The van der Waals surface area contributed by atoms with Gasteiger partial charge in [-0.2, -0.15) is 4.90 Å². The number of carbonyl (C=O) groups excluding carboxylic acids is 5. The average Bonchev–Trinajstić information content (AvgIpc) is 3.40. The number of ether oxygens (including phenoxy) is 1. The fourth-order valence-electron chi connectivity index (χ4n) is 5.70. The zero-order valence-electron chi connectivity index (χ0n) is 23.9. The molecule has 2 aliphatic carbocycles. The molecule has 2 aromatic carbocycles. The van der Waals surface area contributed by atoms with Crippen LogP contribution in [0.5, 0.6) is 0 Å². The predicted octanol–water partition coefficient (Wildman–Crippen LogP) is 3.21. The highest BCUT2D eigenvalue weighted by atomic mass is 16.6. The lowest BCUT2D eigenvalue weighted by Gasteiger charge is -2.34. The Morgan fingerprint density at radius 2 is 1.05 bits per heavy atom. The van der Waals surface area contributed by atoms with Crippen LogP contribution in [-0.4, -0.2) is 70.3 Å². The number of nitrogens with two attached hydrogens (primary N) is 3. The Morgan fingerprint density at radius 1 is 0.667 bits per heavy atom. The van der Waals surface area contributed by atoms with Crippen molar-refractivity contribution in [1.29, 1.82) is 0 Å². The Kier molecular flexibility index (Phi) is 10.2. The lowest BCUT2D eigenvalue weighted by Crippen LogP contribution is -2.51. The standard InChI is InChI=1S/C14H16N2O2.C11H9NO4.C6H14N2/c15-11-7-3-4-8-12(11)16-13(17)9-5-1-2-6-10(9)14(16)18;1-2-16-11(15)12-9(13)7-5-3-4-6-8(7)10(12)14;7-5-3-1-2-4-6(5)8/h1-2,5-6,11-12H,3-4,7-8,15H2;3-6H,2H2,1H3;5-6H,1-4,7-8H2/t11-,12-;;5-,6-/m1.1/s1. The van der Waals surface area contributed by atoms with Gasteiger partial charge in [-0.15, -0.1) is 0 Å². The molecule has 2 aromatic rings. The van der Waals surface area contributed by atoms with Crippen LogP contribution in [-0.2, 0) is 4.74 Å². The number of rotatable bonds is 2. The maximum atomic E-state index is 12.3. The third-order valence-corrected chi connectivity index (χ3v) is 8.06. The number of imide groups is 4. The molecule has 11 nitrogen and oxygen atoms in total. The summed E-state index contributed by atoms with van der Waals surface area (Å²) in [7, 11) is 0. The number of hydrogen-bond donors (Lipinski definition) is 3. The molecule has 2 aliphatic heterocycles. The highest BCUT2D eigenvalue weighted by molar-refractivity contribution is 6.28. The molecule has 224 valence electrons. The van der Waals surface area contributed by atoms with Crippen molar-refractivity contribution in [2.24, 2.45) is 17.2 Å². The van der Waals surface area contributed by atoms with E-state index in [2.05, 4.69) is 4.74 Å². The number of carbonyl (C=O) groups is 5. The van der Waals surface area contributed by atoms with Crippen LogP contribution < -0.4 is 17.2 Å². The molecule has 5 amide bonds. The van der Waals surface area contributed by atoms with Gasteiger partial charge in [-0.05, 0) is 56.9 Å². The highest BCUT2D eigenvalue weighted by Crippen LogP contribution is 2.30. The fourth-order valence-corrected chi connectivity index (χ4v) is 5.70. The van der Waals surface area contributed by atoms with Crippen LogP contribution in [0.1, 0.15) is 99.7 Å². The third-order valence-electron chi connectivity index (χ3n) is 8.06. The van der Waals surface area contributed by atoms with Gasteiger partial charge in [-0.1, -0.05) is 49.9 Å². The van der Waals surface area contributed by atoms with E-state index < -0.39 is 17.9 Å². The summed E-state index contributed by atoms with van der Waals surface area (Å²) >= 11 is 0. The van der Waals surface area contributed by atoms with Gasteiger partial charge in [-0.25, -0.2) is 4.79 Å². The van der Waals surface area contributed by atoms with Crippen molar-refractivity contribution in [1.82, 2.24) is 9.80 Å². The van der Waals surface area contributed by atoms with Gasteiger partial charge in [-0.3, -0.25) is 24.1 Å². The van der Waals surface area contributed by atoms with Crippen LogP contribution in [0.25, 0.3) is 0 Å². The molecule has 2 saturated carbocycles. The van der Waals surface area contributed by atoms with Gasteiger partial charge in [0.1, 0.15) is 0 Å². The molecule has 2 fully saturated rings. The molecule has 0 saturated heterocycles. The first-order valence-electron chi connectivity index (χ1n) is 14.6. The second-order valence-electron chi connectivity index (χ2n) is 10.8. The van der Waals surface area contributed by atoms with E-state index in [1.165, 1.54) is 29.9 Å². The quantitative estimate of drug-likeness (QED) is 0.452. The maximum absolute atomic E-state index is 12.3. The van der Waals surface area contributed by atoms with Gasteiger partial charge in [0, 0.05) is 18.1 Å². The summed E-state index contributed by atoms with van der Waals surface area (Å²) in [6, 6.07) is 13.6. The van der Waals surface area contributed by atoms with Crippen LogP contribution in [0.3, 0.4) is 0 Å². The summed E-state index contributed by atoms with van der Waals surface area (Å²) in [6.07, 6.45) is 7.71. The Balaban J connectivity index is 0.000000155. The first-order valence-corrected chi connectivity index (χ1v) is 14.6. The van der Waals surface area contributed by atoms with Gasteiger partial charge >= 0.3 is 6.09 Å². The first kappa shape index (κ1) is 31.0. The van der Waals surface area contributed by atoms with Gasteiger partial charge in [0.15, 0.2) is 0 Å². The minimum Gasteiger partial charge on any atom is -0.449 e. The topological polar surface area (TPSA) is 179 Å². The number of fused-ring (bicyclic) bond motifs is 2. The molecule has 0 aromatic heterocycles. The minimum absolute atomic E-state index is 0.0824. The monoisotopic (exact) mass is 577 g/mol. The van der Waals surface area contributed by atoms with Gasteiger partial charge < -0.3 is 21.9 Å². The van der Waals surface area contributed by atoms with E-state index in [1.54, 1.807) is 43.3 Å². The summed E-state index contributed by atoms with van der Waals surface area (Å²) < 4.78 is 4.64. The van der Waals surface area contributed by atoms with Crippen LogP contribution in [0.2, 0.25) is 0 Å². The molecular weight excluding hydrogens is 538 g/mol. The smallest absolute Gasteiger partial charge is 0.424 e. The summed E-state index contributed by atoms with van der Waals surface area (Å²) in [5.74, 6) is -1.62. The molecule has 4 atom stereocenters. The molecule has 0 radical (unpaired) electrons. The van der Waals surface area contributed by atoms with Crippen molar-refractivity contribution < 1.29 is 28.7 Å². The Labute approximate surface area is 245 Å². The van der Waals surface area contributed by atoms with Crippen LogP contribution in [0, 0.1) is 0 Å². The Bertz CT molecular complexity index is 1270. The molecule has 2 heterocycles. The van der Waals surface area contributed by atoms with E-state index in [9.17, 15) is 24.0 Å². The van der Waals surface area contributed by atoms with Gasteiger partial charge in [0.25, 0.3) is 23.6 Å². The van der Waals surface area contributed by atoms with Crippen LogP contribution >= 0.6 is 0 Å². The molecule has 6 rings (SSSR count). The summed E-state index contributed by atoms with van der Waals surface area (Å²) in [5, 5.41) is 0. The highest BCUT2D eigenvalue weighted by Gasteiger charge is 2.42. The number of amides is 5. The van der Waals surface area contributed by atoms with E-state index in [-0.39, 0.29) is 53.7 Å². The first-order chi connectivity index (χ1) is 20.2. The van der Waals surface area contributed by atoms with E-state index in [4.69, 9.17) is 17.2 Å². The lowest BCUT2D eigenvalue weighted by molar-refractivity contribution is 0.0521. The minimum atomic E-state index is -0.922. The van der Waals surface area contributed by atoms with Gasteiger partial charge in [0.2, 0.25) is 0 Å². The second kappa shape index (κ2) is 13.8. The van der Waals surface area contributed by atoms with Gasteiger partial charge in [0.05, 0.1) is 34.9 Å². The largest absolute Gasteiger partial charge is 0.449 e. The molecule has 11 heteroatoms. The van der Waals surface area contributed by atoms with Crippen LogP contribution in [0.4, 0.5) is 4.79 Å². The van der Waals surface area contributed by atoms with Crippen molar-refractivity contribution in [3.05, 3.63) is 70.8 Å². The van der Waals surface area contributed by atoms with Crippen molar-refractivity contribution >= 4 is 29.7 Å². The molecule has 4 aliphatic rings. The van der Waals surface area contributed by atoms with E-state index in [0.717, 1.165) is 38.5 Å². The zero-order chi connectivity index (χ0) is 30.4. The SMILES string of the molecule is CCOC(=O)N1C(=O)c2ccccc2C1=O.N[C@@H]1CCCC[C@H]1N.N[C@@H]1CCCC[C@H]1N1C(=O)c2ccccc2C1=O. The molecule has 0 unspecified atom stereocenters. The second-order valence-corrected chi connectivity index (χ2v) is 10.8. The number of hydrogen-bond acceptors (Lipinski definition) is 9. The average molecular weight is 578 g/mol. The fraction of sp³-hybridized carbons (Fsp3) is 0.452. The molecular formula is C31H39N5O6. The van der Waals surface area contributed by atoms with E-state index >= 15 is 0 Å². The maximum Gasteiger partial charge on any atom is 0.424 e. The zero-order valence-corrected chi connectivity index (χ0v) is 23.9. The molecule has 0 spiro atoms. The van der Waals surface area contributed by atoms with Crippen LogP contribution in [0.15, 0.2) is 48.5 Å². The predicted molar refractivity (Wildman–Crippen MR) is 156 cm³/mol. The lowest BCUT2D eigenvalue weighted by atomic mass is 9.90. The van der Waals surface area contributed by atoms with Crippen molar-refractivity contribution in [3.8, 4) is 0 Å². The van der Waals surface area contributed by atoms with Crippen molar-refractivity contribution in [2.45, 2.75) is 82.5 Å². The Hall–Kier alpha value is -3.93.